The first-order chi connectivity index (χ1) is 23.5. The quantitative estimate of drug-likeness (QED) is 0.230. The van der Waals surface area contributed by atoms with Crippen LogP contribution in [0.25, 0.3) is 22.0 Å². The fourth-order valence-corrected chi connectivity index (χ4v) is 6.45. The Labute approximate surface area is 290 Å². The third-order valence-electron chi connectivity index (χ3n) is 8.73. The number of carbonyl (C=O) groups is 4. The van der Waals surface area contributed by atoms with Gasteiger partial charge in [-0.05, 0) is 59.5 Å². The van der Waals surface area contributed by atoms with E-state index >= 15 is 4.39 Å². The van der Waals surface area contributed by atoms with Crippen molar-refractivity contribution in [1.29, 1.82) is 0 Å². The lowest BCUT2D eigenvalue weighted by molar-refractivity contribution is -0.137. The number of ketones is 1. The number of likely N-dealkylation sites (tertiary alicyclic amines) is 1. The Bertz CT molecular complexity index is 1920. The molecule has 0 saturated carbocycles. The minimum Gasteiger partial charge on any atom is -0.377 e. The highest BCUT2D eigenvalue weighted by Gasteiger charge is 2.49. The van der Waals surface area contributed by atoms with Crippen LogP contribution in [0.4, 0.5) is 10.2 Å². The number of hydrogen-bond donors (Lipinski definition) is 2. The molecule has 15 heteroatoms. The molecule has 1 saturated heterocycles. The molecule has 256 valence electrons. The van der Waals surface area contributed by atoms with Gasteiger partial charge in [-0.2, -0.15) is 5.10 Å². The first-order valence-corrected chi connectivity index (χ1v) is 16.9. The number of nitrogens with zero attached hydrogens (tertiary/aromatic N) is 6. The molecule has 13 nitrogen and oxygen atoms in total. The SMILES string of the molecule is CC(=O)c1nn(CC(=O)N2C[C@@]3(F)CNC(=O)CCCCCOCc4ccc(Br)nc4NC(=O)[C@@H]2C3)c2ccc(-c3cnc(C)nc3)cc12. The fourth-order valence-electron chi connectivity index (χ4n) is 6.14. The van der Waals surface area contributed by atoms with Gasteiger partial charge in [-0.1, -0.05) is 18.6 Å². The number of nitrogens with one attached hydrogen (secondary N) is 2. The van der Waals surface area contributed by atoms with Crippen molar-refractivity contribution in [2.45, 2.75) is 70.8 Å². The van der Waals surface area contributed by atoms with Gasteiger partial charge in [0.2, 0.25) is 17.7 Å². The van der Waals surface area contributed by atoms with Gasteiger partial charge < -0.3 is 20.3 Å². The van der Waals surface area contributed by atoms with E-state index in [9.17, 15) is 19.2 Å². The molecule has 0 spiro atoms. The number of halogens is 2. The van der Waals surface area contributed by atoms with Crippen LogP contribution in [-0.4, -0.2) is 84.5 Å². The Morgan fingerprint density at radius 2 is 1.90 bits per heavy atom. The summed E-state index contributed by atoms with van der Waals surface area (Å²) in [5.41, 5.74) is 0.739. The molecular weight excluding hydrogens is 699 g/mol. The van der Waals surface area contributed by atoms with Crippen molar-refractivity contribution in [2.24, 2.45) is 0 Å². The second kappa shape index (κ2) is 14.5. The van der Waals surface area contributed by atoms with Crippen LogP contribution in [0, 0.1) is 6.92 Å². The van der Waals surface area contributed by atoms with Crippen LogP contribution in [0.2, 0.25) is 0 Å². The molecule has 2 aliphatic rings. The summed E-state index contributed by atoms with van der Waals surface area (Å²) >= 11 is 3.34. The van der Waals surface area contributed by atoms with Crippen LogP contribution < -0.4 is 10.6 Å². The van der Waals surface area contributed by atoms with Gasteiger partial charge >= 0.3 is 0 Å². The zero-order valence-electron chi connectivity index (χ0n) is 27.2. The summed E-state index contributed by atoms with van der Waals surface area (Å²) in [5.74, 6) is -0.953. The minimum atomic E-state index is -2.07. The highest BCUT2D eigenvalue weighted by molar-refractivity contribution is 9.10. The van der Waals surface area contributed by atoms with Crippen molar-refractivity contribution in [1.82, 2.24) is 34.9 Å². The number of benzene rings is 1. The first-order valence-electron chi connectivity index (χ1n) is 16.1. The number of fused-ring (bicyclic) bond motifs is 4. The van der Waals surface area contributed by atoms with Gasteiger partial charge in [-0.25, -0.2) is 19.3 Å². The van der Waals surface area contributed by atoms with E-state index < -0.39 is 30.1 Å². The molecule has 2 N–H and O–H groups in total. The van der Waals surface area contributed by atoms with Gasteiger partial charge in [0.25, 0.3) is 0 Å². The van der Waals surface area contributed by atoms with Crippen LogP contribution in [-0.2, 0) is 32.3 Å². The number of aromatic nitrogens is 5. The smallest absolute Gasteiger partial charge is 0.248 e. The van der Waals surface area contributed by atoms with Crippen LogP contribution in [0.5, 0.6) is 0 Å². The van der Waals surface area contributed by atoms with Crippen molar-refractivity contribution >= 4 is 56.2 Å². The lowest BCUT2D eigenvalue weighted by Crippen LogP contribution is -2.45. The maximum absolute atomic E-state index is 16.5. The average Bonchev–Trinajstić information content (AvgIpc) is 3.62. The number of amides is 3. The Hall–Kier alpha value is -4.63. The number of carbonyl (C=O) groups excluding carboxylic acids is 4. The number of alkyl halides is 1. The van der Waals surface area contributed by atoms with E-state index in [4.69, 9.17) is 4.74 Å². The van der Waals surface area contributed by atoms with Gasteiger partial charge in [0, 0.05) is 55.3 Å². The molecule has 5 heterocycles. The molecular formula is C34H36BrFN8O5. The van der Waals surface area contributed by atoms with E-state index in [-0.39, 0.29) is 55.7 Å². The van der Waals surface area contributed by atoms with E-state index in [1.54, 1.807) is 43.6 Å². The monoisotopic (exact) mass is 734 g/mol. The second-order valence-corrected chi connectivity index (χ2v) is 13.3. The van der Waals surface area contributed by atoms with E-state index in [2.05, 4.69) is 46.6 Å². The molecule has 3 aromatic heterocycles. The van der Waals surface area contributed by atoms with Crippen molar-refractivity contribution in [3.63, 3.8) is 0 Å². The maximum Gasteiger partial charge on any atom is 0.248 e. The third kappa shape index (κ3) is 7.83. The molecule has 1 fully saturated rings. The second-order valence-electron chi connectivity index (χ2n) is 12.5. The number of ether oxygens (including phenoxy) is 1. The minimum absolute atomic E-state index is 0.166. The summed E-state index contributed by atoms with van der Waals surface area (Å²) < 4.78 is 24.1. The third-order valence-corrected chi connectivity index (χ3v) is 9.18. The number of hydrogen-bond acceptors (Lipinski definition) is 9. The van der Waals surface area contributed by atoms with Crippen LogP contribution >= 0.6 is 15.9 Å². The number of Topliss-reactive ketones (excluding diaryl/α,β-unsaturated/α-hetero) is 1. The molecule has 6 rings (SSSR count). The average molecular weight is 736 g/mol. The van der Waals surface area contributed by atoms with E-state index in [1.165, 1.54) is 16.5 Å². The summed E-state index contributed by atoms with van der Waals surface area (Å²) in [6.45, 7) is 2.66. The topological polar surface area (TPSA) is 161 Å². The Morgan fingerprint density at radius 3 is 2.67 bits per heavy atom. The molecule has 2 atom stereocenters. The van der Waals surface area contributed by atoms with Gasteiger partial charge in [0.05, 0.1) is 25.2 Å². The Kier molecular flexibility index (Phi) is 10.1. The van der Waals surface area contributed by atoms with Gasteiger partial charge in [0.1, 0.15) is 40.2 Å². The van der Waals surface area contributed by atoms with Crippen LogP contribution in [0.3, 0.4) is 0 Å². The summed E-state index contributed by atoms with van der Waals surface area (Å²) in [5, 5.41) is 10.4. The summed E-state index contributed by atoms with van der Waals surface area (Å²) in [4.78, 5) is 67.1. The molecule has 2 bridgehead atoms. The first kappa shape index (κ1) is 34.2. The largest absolute Gasteiger partial charge is 0.377 e. The molecule has 0 unspecified atom stereocenters. The Morgan fingerprint density at radius 1 is 1.10 bits per heavy atom. The number of aryl methyl sites for hydroxylation is 1. The lowest BCUT2D eigenvalue weighted by Gasteiger charge is -2.24. The van der Waals surface area contributed by atoms with Gasteiger partial charge in [-0.15, -0.1) is 0 Å². The molecule has 0 radical (unpaired) electrons. The molecule has 4 aromatic rings. The van der Waals surface area contributed by atoms with Crippen molar-refractivity contribution in [3.8, 4) is 11.1 Å². The van der Waals surface area contributed by atoms with Crippen molar-refractivity contribution in [2.75, 3.05) is 25.0 Å². The molecule has 3 amide bonds. The number of anilines is 1. The lowest BCUT2D eigenvalue weighted by atomic mass is 10.0. The zero-order chi connectivity index (χ0) is 34.7. The summed E-state index contributed by atoms with van der Waals surface area (Å²) in [7, 11) is 0. The highest BCUT2D eigenvalue weighted by atomic mass is 79.9. The molecule has 2 aliphatic heterocycles. The highest BCUT2D eigenvalue weighted by Crippen LogP contribution is 2.33. The fraction of sp³-hybridized carbons (Fsp3) is 0.412. The maximum atomic E-state index is 16.5. The van der Waals surface area contributed by atoms with Crippen LogP contribution in [0.15, 0.2) is 47.3 Å². The van der Waals surface area contributed by atoms with E-state index in [1.807, 2.05) is 6.07 Å². The normalized spacial score (nSPS) is 20.7. The van der Waals surface area contributed by atoms with E-state index in [0.717, 1.165) is 24.0 Å². The standard InChI is InChI=1S/C34H36BrFN8O5/c1-20(45)31-25-12-22(24-14-37-21(2)38-15-24)7-9-26(25)44(42-31)16-30(47)43-19-34(36)13-27(43)33(48)41-32-23(8-10-28(35)40-32)17-49-11-5-3-4-6-29(46)39-18-34/h7-10,12,14-15,27H,3-6,11,13,16-19H2,1-2H3,(H,39,46)(H,40,41,48)/t27-,34-/m0/s1. The van der Waals surface area contributed by atoms with Crippen molar-refractivity contribution < 1.29 is 28.3 Å². The van der Waals surface area contributed by atoms with Gasteiger partial charge in [-0.3, -0.25) is 23.9 Å². The number of rotatable bonds is 4. The predicted molar refractivity (Wildman–Crippen MR) is 181 cm³/mol. The van der Waals surface area contributed by atoms with E-state index in [0.29, 0.717) is 39.9 Å². The summed E-state index contributed by atoms with van der Waals surface area (Å²) in [6.07, 6.45) is 5.38. The number of pyridine rings is 1. The molecule has 49 heavy (non-hydrogen) atoms. The molecule has 1 aromatic carbocycles. The van der Waals surface area contributed by atoms with Crippen LogP contribution in [0.1, 0.15) is 60.9 Å². The predicted octanol–water partition coefficient (Wildman–Crippen LogP) is 4.32. The summed E-state index contributed by atoms with van der Waals surface area (Å²) in [6, 6.07) is 7.64. The Balaban J connectivity index is 1.31. The zero-order valence-corrected chi connectivity index (χ0v) is 28.8. The van der Waals surface area contributed by atoms with Gasteiger partial charge in [0.15, 0.2) is 5.78 Å². The molecule has 0 aliphatic carbocycles. The van der Waals surface area contributed by atoms with Crippen molar-refractivity contribution in [3.05, 3.63) is 64.4 Å².